The molecule has 0 aliphatic heterocycles. The summed E-state index contributed by atoms with van der Waals surface area (Å²) in [5.74, 6) is 0. The average Bonchev–Trinajstić information content (AvgIpc) is 0. The van der Waals surface area contributed by atoms with Crippen LogP contribution in [0.2, 0.25) is 0 Å². The SMILES string of the molecule is [CaH2].[Fe].[KH].[MgH2].[NaH].[Zn]. The molecule has 0 nitrogen and oxygen atoms in total. The molecule has 0 saturated heterocycles. The Morgan fingerprint density at radius 1 is 1.00 bits per heavy atom. The van der Waals surface area contributed by atoms with Crippen molar-refractivity contribution < 1.29 is 36.5 Å². The summed E-state index contributed by atoms with van der Waals surface area (Å²) >= 11 is 0. The summed E-state index contributed by atoms with van der Waals surface area (Å²) in [6.45, 7) is 0. The van der Waals surface area contributed by atoms with Gasteiger partial charge in [0, 0.05) is 36.5 Å². The van der Waals surface area contributed by atoms with E-state index in [1.807, 2.05) is 0 Å². The van der Waals surface area contributed by atoms with E-state index in [9.17, 15) is 0 Å². The Kier molecular flexibility index (Phi) is 210. The van der Waals surface area contributed by atoms with Gasteiger partial charge >= 0.3 is 142 Å². The Hall–Kier alpha value is 5.81. The van der Waals surface area contributed by atoms with Crippen molar-refractivity contribution in [1.82, 2.24) is 0 Å². The second-order valence-corrected chi connectivity index (χ2v) is 0. The molecule has 0 saturated carbocycles. The molecule has 0 N–H and O–H groups in total. The minimum Gasteiger partial charge on any atom is 0 e. The van der Waals surface area contributed by atoms with Crippen LogP contribution in [0.5, 0.6) is 0 Å². The fourth-order valence-corrected chi connectivity index (χ4v) is 0. The number of hydrogen-bond donors (Lipinski definition) is 0. The van der Waals surface area contributed by atoms with Gasteiger partial charge < -0.3 is 0 Å². The minimum absolute atomic E-state index is 0. The van der Waals surface area contributed by atoms with Gasteiger partial charge in [-0.2, -0.15) is 0 Å². The van der Waals surface area contributed by atoms with Crippen LogP contribution in [0.4, 0.5) is 0 Å². The molecule has 6 heteroatoms. The van der Waals surface area contributed by atoms with E-state index in [0.717, 1.165) is 0 Å². The normalized spacial score (nSPS) is 0. The van der Waals surface area contributed by atoms with Crippen LogP contribution in [0.25, 0.3) is 0 Å². The number of hydrogen-bond acceptors (Lipinski definition) is 0. The van der Waals surface area contributed by atoms with Crippen LogP contribution in [0, 0.1) is 0 Å². The largest absolute Gasteiger partial charge is 0 e. The Bertz CT molecular complexity index is 15.5. The first-order valence-corrected chi connectivity index (χ1v) is 0. The van der Waals surface area contributed by atoms with Gasteiger partial charge in [-0.05, 0) is 0 Å². The van der Waals surface area contributed by atoms with E-state index in [0.29, 0.717) is 0 Å². The van der Waals surface area contributed by atoms with E-state index in [-0.39, 0.29) is 178 Å². The summed E-state index contributed by atoms with van der Waals surface area (Å²) < 4.78 is 0. The standard InChI is InChI=1S/Ca.Fe.K.Mg.Na.Zn.6H. The van der Waals surface area contributed by atoms with Gasteiger partial charge in [0.2, 0.25) is 0 Å². The quantitative estimate of drug-likeness (QED) is 0.401. The van der Waals surface area contributed by atoms with E-state index < -0.39 is 0 Å². The summed E-state index contributed by atoms with van der Waals surface area (Å²) in [4.78, 5) is 0. The van der Waals surface area contributed by atoms with E-state index in [1.54, 1.807) is 0 Å². The summed E-state index contributed by atoms with van der Waals surface area (Å²) in [5, 5.41) is 0. The molecule has 0 aliphatic rings. The van der Waals surface area contributed by atoms with Crippen molar-refractivity contribution >= 4 is 142 Å². The maximum Gasteiger partial charge on any atom is 0 e. The zero-order chi connectivity index (χ0) is 0. The van der Waals surface area contributed by atoms with Crippen LogP contribution in [-0.4, -0.2) is 142 Å². The molecule has 0 bridgehead atoms. The van der Waals surface area contributed by atoms with Crippen molar-refractivity contribution in [2.45, 2.75) is 0 Å². The van der Waals surface area contributed by atoms with Crippen LogP contribution in [-0.2, 0) is 36.5 Å². The van der Waals surface area contributed by atoms with Gasteiger partial charge in [0.05, 0.1) is 0 Å². The second kappa shape index (κ2) is 30.8. The van der Waals surface area contributed by atoms with E-state index >= 15 is 0 Å². The smallest absolute Gasteiger partial charge is 0 e. The number of rotatable bonds is 0. The molecule has 0 radical (unpaired) electrons. The van der Waals surface area contributed by atoms with Crippen LogP contribution in [0.15, 0.2) is 0 Å². The van der Waals surface area contributed by atoms with Gasteiger partial charge in [-0.15, -0.1) is 0 Å². The molecule has 0 heterocycles. The van der Waals surface area contributed by atoms with Crippen LogP contribution < -0.4 is 0 Å². The first-order chi connectivity index (χ1) is 0. The molecular weight excluding hydrogens is 248 g/mol. The van der Waals surface area contributed by atoms with Gasteiger partial charge in [0.25, 0.3) is 0 Å². The minimum atomic E-state index is 0. The molecule has 22 valence electrons. The predicted octanol–water partition coefficient (Wildman–Crippen LogP) is -3.13. The van der Waals surface area contributed by atoms with Crippen molar-refractivity contribution in [1.29, 1.82) is 0 Å². The van der Waals surface area contributed by atoms with Crippen LogP contribution in [0.3, 0.4) is 0 Å². The van der Waals surface area contributed by atoms with Gasteiger partial charge in [-0.1, -0.05) is 0 Å². The van der Waals surface area contributed by atoms with Crippen molar-refractivity contribution in [3.63, 3.8) is 0 Å². The zero-order valence-electron chi connectivity index (χ0n) is 1.06. The maximum atomic E-state index is 0. The maximum absolute atomic E-state index is 0. The summed E-state index contributed by atoms with van der Waals surface area (Å²) in [5.41, 5.74) is 0. The zero-order valence-corrected chi connectivity index (χ0v) is 5.13. The van der Waals surface area contributed by atoms with Gasteiger partial charge in [0.15, 0.2) is 0 Å². The third kappa shape index (κ3) is 22.6. The van der Waals surface area contributed by atoms with E-state index in [2.05, 4.69) is 0 Å². The van der Waals surface area contributed by atoms with Gasteiger partial charge in [0.1, 0.15) is 0 Å². The van der Waals surface area contributed by atoms with Crippen molar-refractivity contribution in [2.24, 2.45) is 0 Å². The molecule has 0 aromatic rings. The van der Waals surface area contributed by atoms with Gasteiger partial charge in [-0.25, -0.2) is 0 Å². The Morgan fingerprint density at radius 2 is 1.00 bits per heavy atom. The third-order valence-corrected chi connectivity index (χ3v) is 0. The first kappa shape index (κ1) is 40.9. The topological polar surface area (TPSA) is 0 Å². The van der Waals surface area contributed by atoms with Crippen LogP contribution in [0.1, 0.15) is 0 Å². The predicted molar refractivity (Wildman–Crippen MR) is 31.4 cm³/mol. The fourth-order valence-electron chi connectivity index (χ4n) is 0. The fraction of sp³-hybridized carbons (Fsp3) is 0. The average molecular weight is 254 g/mol. The van der Waals surface area contributed by atoms with E-state index in [1.165, 1.54) is 0 Å². The first-order valence-electron chi connectivity index (χ1n) is 0. The Morgan fingerprint density at radius 3 is 1.00 bits per heavy atom. The molecule has 0 aromatic heterocycles. The third-order valence-electron chi connectivity index (χ3n) is 0. The van der Waals surface area contributed by atoms with Crippen molar-refractivity contribution in [3.05, 3.63) is 0 Å². The molecule has 6 heavy (non-hydrogen) atoms. The van der Waals surface area contributed by atoms with Crippen molar-refractivity contribution in [3.8, 4) is 0 Å². The summed E-state index contributed by atoms with van der Waals surface area (Å²) in [6, 6.07) is 0. The molecule has 0 rings (SSSR count). The Labute approximate surface area is 173 Å². The molecule has 0 unspecified atom stereocenters. The Balaban J connectivity index is 0. The summed E-state index contributed by atoms with van der Waals surface area (Å²) in [6.07, 6.45) is 0. The summed E-state index contributed by atoms with van der Waals surface area (Å²) in [7, 11) is 0. The van der Waals surface area contributed by atoms with E-state index in [4.69, 9.17) is 0 Å². The molecular formula is H6CaFeKMgNaZn. The van der Waals surface area contributed by atoms with Crippen molar-refractivity contribution in [2.75, 3.05) is 0 Å². The van der Waals surface area contributed by atoms with Crippen LogP contribution >= 0.6 is 0 Å². The molecule has 0 spiro atoms. The molecule has 0 atom stereocenters. The molecule has 0 amide bonds. The molecule has 0 aromatic carbocycles. The van der Waals surface area contributed by atoms with Gasteiger partial charge in [-0.3, -0.25) is 0 Å². The second-order valence-electron chi connectivity index (χ2n) is 0. The molecule has 0 aliphatic carbocycles. The monoisotopic (exact) mass is 252 g/mol. The molecule has 0 fully saturated rings.